The lowest BCUT2D eigenvalue weighted by molar-refractivity contribution is 0.170. The monoisotopic (exact) mass is 426 g/mol. The molecule has 0 spiro atoms. The summed E-state index contributed by atoms with van der Waals surface area (Å²) in [6, 6.07) is 6.36. The molecule has 6 nitrogen and oxygen atoms in total. The Bertz CT molecular complexity index is 857. The number of aryl methyl sites for hydroxylation is 2. The van der Waals surface area contributed by atoms with Gasteiger partial charge in [0.1, 0.15) is 5.82 Å². The number of imidazole rings is 1. The van der Waals surface area contributed by atoms with Gasteiger partial charge in [0.2, 0.25) is 6.79 Å². The summed E-state index contributed by atoms with van der Waals surface area (Å²) in [5, 5.41) is 0. The van der Waals surface area contributed by atoms with Crippen LogP contribution in [0.25, 0.3) is 0 Å². The van der Waals surface area contributed by atoms with Gasteiger partial charge in [-0.1, -0.05) is 25.8 Å². The van der Waals surface area contributed by atoms with Crippen LogP contribution in [0.4, 0.5) is 0 Å². The van der Waals surface area contributed by atoms with Gasteiger partial charge < -0.3 is 18.9 Å². The van der Waals surface area contributed by atoms with E-state index in [4.69, 9.17) is 14.5 Å². The molecule has 2 aliphatic rings. The number of hydrogen-bond donors (Lipinski definition) is 0. The molecule has 2 aromatic rings. The first-order chi connectivity index (χ1) is 15.1. The molecule has 0 aliphatic carbocycles. The Morgan fingerprint density at radius 1 is 1.00 bits per heavy atom. The van der Waals surface area contributed by atoms with Crippen LogP contribution in [0.1, 0.15) is 61.8 Å². The van der Waals surface area contributed by atoms with Crippen LogP contribution in [0, 0.1) is 13.8 Å². The van der Waals surface area contributed by atoms with Crippen molar-refractivity contribution in [3.8, 4) is 11.5 Å². The second kappa shape index (κ2) is 10.5. The molecule has 0 radical (unpaired) electrons. The summed E-state index contributed by atoms with van der Waals surface area (Å²) in [5.41, 5.74) is 3.81. The van der Waals surface area contributed by atoms with Crippen LogP contribution < -0.4 is 9.47 Å². The van der Waals surface area contributed by atoms with E-state index < -0.39 is 0 Å². The fourth-order valence-electron chi connectivity index (χ4n) is 4.76. The van der Waals surface area contributed by atoms with E-state index in [9.17, 15) is 0 Å². The average Bonchev–Trinajstić information content (AvgIpc) is 3.35. The first kappa shape index (κ1) is 22.2. The summed E-state index contributed by atoms with van der Waals surface area (Å²) < 4.78 is 13.6. The van der Waals surface area contributed by atoms with E-state index in [1.165, 1.54) is 62.1 Å². The Morgan fingerprint density at radius 3 is 2.61 bits per heavy atom. The molecule has 170 valence electrons. The molecule has 6 heteroatoms. The normalized spacial score (nSPS) is 16.4. The second-order valence-corrected chi connectivity index (χ2v) is 9.00. The average molecular weight is 427 g/mol. The zero-order chi connectivity index (χ0) is 21.6. The molecule has 1 saturated heterocycles. The molecular weight excluding hydrogens is 388 g/mol. The molecule has 31 heavy (non-hydrogen) atoms. The van der Waals surface area contributed by atoms with Crippen LogP contribution in [0.5, 0.6) is 11.5 Å². The van der Waals surface area contributed by atoms with Crippen molar-refractivity contribution < 1.29 is 9.47 Å². The molecule has 1 aromatic heterocycles. The lowest BCUT2D eigenvalue weighted by Crippen LogP contribution is -2.37. The van der Waals surface area contributed by atoms with Gasteiger partial charge in [-0.05, 0) is 63.9 Å². The van der Waals surface area contributed by atoms with E-state index in [2.05, 4.69) is 47.3 Å². The third kappa shape index (κ3) is 5.60. The standard InChI is InChI=1S/C25H38N4O2/c1-4-5-13-29-21(3)26-20(2)23(29)18-28(15-14-27-11-7-6-8-12-27)17-22-9-10-24-25(16-22)31-19-30-24/h9-10,16H,4-8,11-15,17-19H2,1-3H3. The van der Waals surface area contributed by atoms with Crippen LogP contribution in [0.15, 0.2) is 18.2 Å². The maximum absolute atomic E-state index is 5.62. The predicted octanol–water partition coefficient (Wildman–Crippen LogP) is 4.52. The van der Waals surface area contributed by atoms with Crippen molar-refractivity contribution >= 4 is 0 Å². The Balaban J connectivity index is 1.50. The van der Waals surface area contributed by atoms with Crippen molar-refractivity contribution in [2.45, 2.75) is 72.5 Å². The fraction of sp³-hybridized carbons (Fsp3) is 0.640. The summed E-state index contributed by atoms with van der Waals surface area (Å²) in [7, 11) is 0. The number of aromatic nitrogens is 2. The number of nitrogens with zero attached hydrogens (tertiary/aromatic N) is 4. The second-order valence-electron chi connectivity index (χ2n) is 9.00. The molecule has 0 saturated carbocycles. The molecule has 3 heterocycles. The summed E-state index contributed by atoms with van der Waals surface area (Å²) in [4.78, 5) is 10.0. The Kier molecular flexibility index (Phi) is 7.51. The van der Waals surface area contributed by atoms with Crippen LogP contribution in [0.2, 0.25) is 0 Å². The lowest BCUT2D eigenvalue weighted by Gasteiger charge is -2.30. The van der Waals surface area contributed by atoms with Gasteiger partial charge in [0.25, 0.3) is 0 Å². The highest BCUT2D eigenvalue weighted by Crippen LogP contribution is 2.33. The molecule has 0 amide bonds. The summed E-state index contributed by atoms with van der Waals surface area (Å²) in [6.45, 7) is 14.4. The van der Waals surface area contributed by atoms with Gasteiger partial charge in [0.05, 0.1) is 11.4 Å². The van der Waals surface area contributed by atoms with E-state index in [-0.39, 0.29) is 0 Å². The van der Waals surface area contributed by atoms with Gasteiger partial charge in [-0.25, -0.2) is 4.98 Å². The summed E-state index contributed by atoms with van der Waals surface area (Å²) >= 11 is 0. The van der Waals surface area contributed by atoms with Gasteiger partial charge in [-0.15, -0.1) is 0 Å². The predicted molar refractivity (Wildman–Crippen MR) is 124 cm³/mol. The molecule has 1 aromatic carbocycles. The molecule has 1 fully saturated rings. The molecule has 4 rings (SSSR count). The quantitative estimate of drug-likeness (QED) is 0.559. The molecular formula is C25H38N4O2. The smallest absolute Gasteiger partial charge is 0.231 e. The first-order valence-electron chi connectivity index (χ1n) is 12.0. The molecule has 0 atom stereocenters. The number of hydrogen-bond acceptors (Lipinski definition) is 5. The van der Waals surface area contributed by atoms with Gasteiger partial charge >= 0.3 is 0 Å². The van der Waals surface area contributed by atoms with E-state index in [0.717, 1.165) is 50.0 Å². The molecule has 2 aliphatic heterocycles. The number of ether oxygens (including phenoxy) is 2. The maximum atomic E-state index is 5.62. The van der Waals surface area contributed by atoms with Crippen molar-refractivity contribution in [3.05, 3.63) is 41.0 Å². The SMILES string of the molecule is CCCCn1c(C)nc(C)c1CN(CCN1CCCCC1)Cc1ccc2c(c1)OCO2. The number of rotatable bonds is 10. The third-order valence-electron chi connectivity index (χ3n) is 6.60. The van der Waals surface area contributed by atoms with Gasteiger partial charge in [-0.2, -0.15) is 0 Å². The highest BCUT2D eigenvalue weighted by Gasteiger charge is 2.19. The Hall–Kier alpha value is -2.05. The van der Waals surface area contributed by atoms with Crippen molar-refractivity contribution in [1.29, 1.82) is 0 Å². The van der Waals surface area contributed by atoms with E-state index in [1.54, 1.807) is 0 Å². The minimum Gasteiger partial charge on any atom is -0.454 e. The van der Waals surface area contributed by atoms with Crippen LogP contribution in [0.3, 0.4) is 0 Å². The highest BCUT2D eigenvalue weighted by molar-refractivity contribution is 5.44. The minimum absolute atomic E-state index is 0.326. The number of likely N-dealkylation sites (tertiary alicyclic amines) is 1. The fourth-order valence-corrected chi connectivity index (χ4v) is 4.76. The number of unbranched alkanes of at least 4 members (excludes halogenated alkanes) is 1. The third-order valence-corrected chi connectivity index (χ3v) is 6.60. The summed E-state index contributed by atoms with van der Waals surface area (Å²) in [6.07, 6.45) is 6.45. The van der Waals surface area contributed by atoms with E-state index in [1.807, 2.05) is 6.07 Å². The molecule has 0 unspecified atom stereocenters. The minimum atomic E-state index is 0.326. The van der Waals surface area contributed by atoms with Crippen molar-refractivity contribution in [2.75, 3.05) is 33.0 Å². The number of fused-ring (bicyclic) bond motifs is 1. The zero-order valence-electron chi connectivity index (χ0n) is 19.5. The van der Waals surface area contributed by atoms with Crippen LogP contribution in [-0.4, -0.2) is 52.3 Å². The Morgan fingerprint density at radius 2 is 1.81 bits per heavy atom. The molecule has 0 N–H and O–H groups in total. The van der Waals surface area contributed by atoms with Crippen LogP contribution >= 0.6 is 0 Å². The highest BCUT2D eigenvalue weighted by atomic mass is 16.7. The number of piperidine rings is 1. The van der Waals surface area contributed by atoms with Crippen molar-refractivity contribution in [3.63, 3.8) is 0 Å². The molecule has 0 bridgehead atoms. The van der Waals surface area contributed by atoms with Crippen molar-refractivity contribution in [2.24, 2.45) is 0 Å². The largest absolute Gasteiger partial charge is 0.454 e. The first-order valence-corrected chi connectivity index (χ1v) is 12.0. The summed E-state index contributed by atoms with van der Waals surface area (Å²) in [5.74, 6) is 2.86. The van der Waals surface area contributed by atoms with Crippen molar-refractivity contribution in [1.82, 2.24) is 19.4 Å². The van der Waals surface area contributed by atoms with Gasteiger partial charge in [-0.3, -0.25) is 4.90 Å². The topological polar surface area (TPSA) is 42.8 Å². The van der Waals surface area contributed by atoms with Gasteiger partial charge in [0, 0.05) is 32.7 Å². The van der Waals surface area contributed by atoms with E-state index >= 15 is 0 Å². The van der Waals surface area contributed by atoms with E-state index in [0.29, 0.717) is 6.79 Å². The maximum Gasteiger partial charge on any atom is 0.231 e. The number of benzene rings is 1. The van der Waals surface area contributed by atoms with Gasteiger partial charge in [0.15, 0.2) is 11.5 Å². The lowest BCUT2D eigenvalue weighted by atomic mass is 10.1. The Labute approximate surface area is 187 Å². The van der Waals surface area contributed by atoms with Crippen LogP contribution in [-0.2, 0) is 19.6 Å². The zero-order valence-corrected chi connectivity index (χ0v) is 19.5.